The first-order valence-corrected chi connectivity index (χ1v) is 7.14. The number of anilines is 2. The molecule has 0 aliphatic carbocycles. The number of nitrogens with one attached hydrogen (secondary N) is 2. The van der Waals surface area contributed by atoms with Crippen LogP contribution in [0.3, 0.4) is 0 Å². The maximum Gasteiger partial charge on any atom is 0.316 e. The highest BCUT2D eigenvalue weighted by Crippen LogP contribution is 2.27. The molecule has 2 aromatic rings. The van der Waals surface area contributed by atoms with Gasteiger partial charge in [-0.15, -0.1) is 0 Å². The Morgan fingerprint density at radius 3 is 2.33 bits per heavy atom. The van der Waals surface area contributed by atoms with Gasteiger partial charge in [0.1, 0.15) is 5.75 Å². The number of halogens is 1. The van der Waals surface area contributed by atoms with E-state index in [0.717, 1.165) is 0 Å². The normalized spacial score (nSPS) is 9.92. The van der Waals surface area contributed by atoms with Gasteiger partial charge in [0.05, 0.1) is 12.8 Å². The van der Waals surface area contributed by atoms with Gasteiger partial charge in [-0.3, -0.25) is 19.7 Å². The molecule has 0 bridgehead atoms. The molecule has 0 saturated carbocycles. The molecule has 4 N–H and O–H groups in total. The van der Waals surface area contributed by atoms with E-state index in [4.69, 9.17) is 22.1 Å². The minimum Gasteiger partial charge on any atom is -0.495 e. The number of benzene rings is 2. The number of nitrogen functional groups attached to an aromatic ring is 1. The quantitative estimate of drug-likeness (QED) is 0.579. The van der Waals surface area contributed by atoms with Gasteiger partial charge >= 0.3 is 11.8 Å². The van der Waals surface area contributed by atoms with E-state index in [2.05, 4.69) is 5.32 Å². The van der Waals surface area contributed by atoms with Gasteiger partial charge in [-0.25, -0.2) is 0 Å². The standard InChI is InChI=1S/C16H14ClN3O4/c1-24-13-7-4-10(17)8-12(13)19-15(22)16(23)20-14(21)9-2-5-11(18)6-3-9/h2-8H,18H2,1H3,(H,19,22)(H,20,21,23). The van der Waals surface area contributed by atoms with Crippen LogP contribution in [0.2, 0.25) is 5.02 Å². The van der Waals surface area contributed by atoms with Crippen LogP contribution in [0, 0.1) is 0 Å². The van der Waals surface area contributed by atoms with E-state index in [1.165, 1.54) is 43.5 Å². The Labute approximate surface area is 142 Å². The molecule has 124 valence electrons. The highest BCUT2D eigenvalue weighted by Gasteiger charge is 2.19. The zero-order valence-corrected chi connectivity index (χ0v) is 13.4. The van der Waals surface area contributed by atoms with Crippen molar-refractivity contribution >= 4 is 40.7 Å². The summed E-state index contributed by atoms with van der Waals surface area (Å²) < 4.78 is 5.06. The topological polar surface area (TPSA) is 111 Å². The van der Waals surface area contributed by atoms with E-state index in [1.54, 1.807) is 6.07 Å². The average molecular weight is 348 g/mol. The summed E-state index contributed by atoms with van der Waals surface area (Å²) in [5, 5.41) is 4.67. The van der Waals surface area contributed by atoms with E-state index in [0.29, 0.717) is 16.5 Å². The third kappa shape index (κ3) is 4.23. The van der Waals surface area contributed by atoms with Gasteiger partial charge in [0.2, 0.25) is 0 Å². The second kappa shape index (κ2) is 7.47. The first-order chi connectivity index (χ1) is 11.4. The zero-order valence-electron chi connectivity index (χ0n) is 12.6. The smallest absolute Gasteiger partial charge is 0.316 e. The van der Waals surface area contributed by atoms with Crippen LogP contribution in [0.5, 0.6) is 5.75 Å². The molecule has 3 amide bonds. The van der Waals surface area contributed by atoms with Crippen molar-refractivity contribution in [3.8, 4) is 5.75 Å². The van der Waals surface area contributed by atoms with Crippen LogP contribution < -0.4 is 21.1 Å². The van der Waals surface area contributed by atoms with Gasteiger partial charge in [-0.2, -0.15) is 0 Å². The molecule has 0 radical (unpaired) electrons. The molecule has 0 unspecified atom stereocenters. The van der Waals surface area contributed by atoms with Crippen LogP contribution >= 0.6 is 11.6 Å². The Bertz CT molecular complexity index is 790. The highest BCUT2D eigenvalue weighted by molar-refractivity contribution is 6.42. The predicted molar refractivity (Wildman–Crippen MR) is 90.0 cm³/mol. The number of carbonyl (C=O) groups is 3. The summed E-state index contributed by atoms with van der Waals surface area (Å²) >= 11 is 5.84. The number of rotatable bonds is 3. The number of hydrogen-bond donors (Lipinski definition) is 3. The van der Waals surface area contributed by atoms with Crippen LogP contribution in [0.1, 0.15) is 10.4 Å². The SMILES string of the molecule is COc1ccc(Cl)cc1NC(=O)C(=O)NC(=O)c1ccc(N)cc1. The molecule has 0 heterocycles. The van der Waals surface area contributed by atoms with Gasteiger partial charge in [0, 0.05) is 16.3 Å². The molecule has 7 nitrogen and oxygen atoms in total. The van der Waals surface area contributed by atoms with E-state index in [9.17, 15) is 14.4 Å². The van der Waals surface area contributed by atoms with Gasteiger partial charge in [0.15, 0.2) is 0 Å². The number of methoxy groups -OCH3 is 1. The van der Waals surface area contributed by atoms with Crippen molar-refractivity contribution in [2.45, 2.75) is 0 Å². The number of carbonyl (C=O) groups excluding carboxylic acids is 3. The van der Waals surface area contributed by atoms with E-state index in [-0.39, 0.29) is 11.3 Å². The summed E-state index contributed by atoms with van der Waals surface area (Å²) in [6, 6.07) is 10.4. The second-order valence-corrected chi connectivity index (χ2v) is 5.14. The van der Waals surface area contributed by atoms with Crippen molar-refractivity contribution in [2.75, 3.05) is 18.2 Å². The number of hydrogen-bond acceptors (Lipinski definition) is 5. The molecule has 0 atom stereocenters. The Hall–Kier alpha value is -3.06. The maximum atomic E-state index is 11.9. The van der Waals surface area contributed by atoms with Gasteiger partial charge < -0.3 is 15.8 Å². The lowest BCUT2D eigenvalue weighted by atomic mass is 10.2. The van der Waals surface area contributed by atoms with E-state index in [1.807, 2.05) is 5.32 Å². The number of ether oxygens (including phenoxy) is 1. The van der Waals surface area contributed by atoms with E-state index >= 15 is 0 Å². The second-order valence-electron chi connectivity index (χ2n) is 4.70. The Kier molecular flexibility index (Phi) is 5.39. The van der Waals surface area contributed by atoms with Gasteiger partial charge in [-0.1, -0.05) is 11.6 Å². The minimum absolute atomic E-state index is 0.200. The molecule has 0 fully saturated rings. The van der Waals surface area contributed by atoms with Crippen molar-refractivity contribution < 1.29 is 19.1 Å². The Balaban J connectivity index is 2.05. The molecule has 0 aliphatic heterocycles. The lowest BCUT2D eigenvalue weighted by molar-refractivity contribution is -0.135. The Morgan fingerprint density at radius 2 is 1.71 bits per heavy atom. The fraction of sp³-hybridized carbons (Fsp3) is 0.0625. The summed E-state index contributed by atoms with van der Waals surface area (Å²) in [5.74, 6) is -2.53. The van der Waals surface area contributed by atoms with Crippen molar-refractivity contribution in [2.24, 2.45) is 0 Å². The zero-order chi connectivity index (χ0) is 17.7. The summed E-state index contributed by atoms with van der Waals surface area (Å²) in [5.41, 5.74) is 6.40. The van der Waals surface area contributed by atoms with E-state index < -0.39 is 17.7 Å². The van der Waals surface area contributed by atoms with Gasteiger partial charge in [-0.05, 0) is 42.5 Å². The first-order valence-electron chi connectivity index (χ1n) is 6.76. The van der Waals surface area contributed by atoms with Crippen LogP contribution in [0.4, 0.5) is 11.4 Å². The molecule has 0 aliphatic rings. The lowest BCUT2D eigenvalue weighted by Gasteiger charge is -2.10. The summed E-state index contributed by atoms with van der Waals surface area (Å²) in [6.45, 7) is 0. The monoisotopic (exact) mass is 347 g/mol. The number of nitrogens with two attached hydrogens (primary N) is 1. The molecule has 0 saturated heterocycles. The molecule has 0 aromatic heterocycles. The van der Waals surface area contributed by atoms with Crippen molar-refractivity contribution in [3.63, 3.8) is 0 Å². The van der Waals surface area contributed by atoms with Crippen LogP contribution in [-0.2, 0) is 9.59 Å². The summed E-state index contributed by atoms with van der Waals surface area (Å²) in [6.07, 6.45) is 0. The van der Waals surface area contributed by atoms with Crippen molar-refractivity contribution in [3.05, 3.63) is 53.1 Å². The molecule has 8 heteroatoms. The predicted octanol–water partition coefficient (Wildman–Crippen LogP) is 1.83. The summed E-state index contributed by atoms with van der Waals surface area (Å²) in [7, 11) is 1.41. The van der Waals surface area contributed by atoms with Gasteiger partial charge in [0.25, 0.3) is 5.91 Å². The van der Waals surface area contributed by atoms with Crippen LogP contribution in [0.25, 0.3) is 0 Å². The molecular formula is C16H14ClN3O4. The number of imide groups is 1. The van der Waals surface area contributed by atoms with Crippen LogP contribution in [0.15, 0.2) is 42.5 Å². The molecule has 0 spiro atoms. The third-order valence-corrected chi connectivity index (χ3v) is 3.25. The number of amides is 3. The third-order valence-electron chi connectivity index (χ3n) is 3.02. The average Bonchev–Trinajstić information content (AvgIpc) is 2.55. The Morgan fingerprint density at radius 1 is 1.04 bits per heavy atom. The molecule has 2 rings (SSSR count). The minimum atomic E-state index is -1.11. The lowest BCUT2D eigenvalue weighted by Crippen LogP contribution is -2.39. The highest BCUT2D eigenvalue weighted by atomic mass is 35.5. The fourth-order valence-corrected chi connectivity index (χ4v) is 2.00. The largest absolute Gasteiger partial charge is 0.495 e. The molecule has 24 heavy (non-hydrogen) atoms. The van der Waals surface area contributed by atoms with Crippen molar-refractivity contribution in [1.29, 1.82) is 0 Å². The van der Waals surface area contributed by atoms with Crippen molar-refractivity contribution in [1.82, 2.24) is 5.32 Å². The fourth-order valence-electron chi connectivity index (χ4n) is 1.82. The summed E-state index contributed by atoms with van der Waals surface area (Å²) in [4.78, 5) is 35.7. The first kappa shape index (κ1) is 17.3. The maximum absolute atomic E-state index is 11.9. The molecular weight excluding hydrogens is 334 g/mol. The van der Waals surface area contributed by atoms with Crippen LogP contribution in [-0.4, -0.2) is 24.8 Å². The molecule has 2 aromatic carbocycles.